The third-order valence-corrected chi connectivity index (χ3v) is 1.68. The first-order valence-electron chi connectivity index (χ1n) is 2.91. The van der Waals surface area contributed by atoms with E-state index in [2.05, 4.69) is 4.98 Å². The van der Waals surface area contributed by atoms with Gasteiger partial charge in [0, 0.05) is 6.92 Å². The van der Waals surface area contributed by atoms with Crippen LogP contribution in [0.1, 0.15) is 11.4 Å². The molecule has 0 aliphatic carbocycles. The zero-order valence-electron chi connectivity index (χ0n) is 5.84. The van der Waals surface area contributed by atoms with Crippen LogP contribution in [0.15, 0.2) is 6.20 Å². The minimum absolute atomic E-state index is 0.509. The molecule has 4 heteroatoms. The predicted octanol–water partition coefficient (Wildman–Crippen LogP) is 0.994. The summed E-state index contributed by atoms with van der Waals surface area (Å²) in [4.78, 5) is 2.87. The fourth-order valence-corrected chi connectivity index (χ4v) is 0.926. The summed E-state index contributed by atoms with van der Waals surface area (Å²) in [5.41, 5.74) is 1.33. The Balaban J connectivity index is 3.46. The summed E-state index contributed by atoms with van der Waals surface area (Å²) in [6, 6.07) is 0. The molecule has 0 bridgehead atoms. The predicted molar refractivity (Wildman–Crippen MR) is 40.1 cm³/mol. The van der Waals surface area contributed by atoms with Gasteiger partial charge < -0.3 is 10.2 Å². The van der Waals surface area contributed by atoms with E-state index in [1.807, 2.05) is 0 Å². The molecule has 0 fully saturated rings. The number of aryl methyl sites for hydroxylation is 1. The number of aromatic amines is 1. The Morgan fingerprint density at radius 1 is 1.60 bits per heavy atom. The van der Waals surface area contributed by atoms with Crippen LogP contribution in [-0.2, 0) is 0 Å². The molecule has 1 aromatic heterocycles. The van der Waals surface area contributed by atoms with Crippen molar-refractivity contribution in [1.29, 1.82) is 0 Å². The SMILES string of the molecule is Cc1c[n+]([O-])c(C)c(=S)[nH]1. The summed E-state index contributed by atoms with van der Waals surface area (Å²) in [5.74, 6) is 0. The molecule has 0 atom stereocenters. The zero-order valence-corrected chi connectivity index (χ0v) is 6.66. The van der Waals surface area contributed by atoms with Crippen molar-refractivity contribution in [2.24, 2.45) is 0 Å². The van der Waals surface area contributed by atoms with E-state index in [4.69, 9.17) is 12.2 Å². The minimum Gasteiger partial charge on any atom is -0.618 e. The summed E-state index contributed by atoms with van der Waals surface area (Å²) in [6.07, 6.45) is 1.46. The monoisotopic (exact) mass is 156 g/mol. The van der Waals surface area contributed by atoms with E-state index in [0.29, 0.717) is 10.3 Å². The molecule has 1 rings (SSSR count). The molecule has 0 spiro atoms. The van der Waals surface area contributed by atoms with Gasteiger partial charge in [-0.3, -0.25) is 0 Å². The Morgan fingerprint density at radius 2 is 2.20 bits per heavy atom. The zero-order chi connectivity index (χ0) is 7.72. The second kappa shape index (κ2) is 2.38. The summed E-state index contributed by atoms with van der Waals surface area (Å²) < 4.78 is 1.28. The molecule has 54 valence electrons. The third kappa shape index (κ3) is 1.16. The lowest BCUT2D eigenvalue weighted by molar-refractivity contribution is -0.613. The van der Waals surface area contributed by atoms with Crippen LogP contribution in [0.25, 0.3) is 0 Å². The quantitative estimate of drug-likeness (QED) is 0.346. The second-order valence-electron chi connectivity index (χ2n) is 2.18. The average Bonchev–Trinajstić information content (AvgIpc) is 1.82. The molecule has 1 aromatic rings. The Hall–Kier alpha value is -0.900. The smallest absolute Gasteiger partial charge is 0.224 e. The van der Waals surface area contributed by atoms with Crippen molar-refractivity contribution < 1.29 is 4.73 Å². The highest BCUT2D eigenvalue weighted by Crippen LogP contribution is 1.92. The maximum Gasteiger partial charge on any atom is 0.224 e. The number of H-pyrrole nitrogens is 1. The van der Waals surface area contributed by atoms with Crippen molar-refractivity contribution in [3.8, 4) is 0 Å². The van der Waals surface area contributed by atoms with Gasteiger partial charge in [0.2, 0.25) is 5.69 Å². The van der Waals surface area contributed by atoms with Crippen LogP contribution < -0.4 is 4.73 Å². The highest BCUT2D eigenvalue weighted by atomic mass is 32.1. The van der Waals surface area contributed by atoms with Crippen LogP contribution in [0.2, 0.25) is 0 Å². The summed E-state index contributed by atoms with van der Waals surface area (Å²) in [5, 5.41) is 10.9. The first kappa shape index (κ1) is 7.21. The fraction of sp³-hybridized carbons (Fsp3) is 0.333. The Morgan fingerprint density at radius 3 is 2.70 bits per heavy atom. The van der Waals surface area contributed by atoms with Crippen molar-refractivity contribution in [2.75, 3.05) is 0 Å². The van der Waals surface area contributed by atoms with Crippen molar-refractivity contribution in [3.05, 3.63) is 27.4 Å². The number of nitrogens with zero attached hydrogens (tertiary/aromatic N) is 1. The Labute approximate surface area is 63.9 Å². The number of hydrogen-bond acceptors (Lipinski definition) is 2. The molecule has 1 heterocycles. The van der Waals surface area contributed by atoms with E-state index in [9.17, 15) is 5.21 Å². The van der Waals surface area contributed by atoms with Crippen LogP contribution in [0, 0.1) is 23.7 Å². The van der Waals surface area contributed by atoms with Gasteiger partial charge in [0.15, 0.2) is 10.8 Å². The van der Waals surface area contributed by atoms with E-state index in [1.54, 1.807) is 13.8 Å². The van der Waals surface area contributed by atoms with E-state index < -0.39 is 0 Å². The minimum atomic E-state index is 0.509. The maximum atomic E-state index is 10.9. The lowest BCUT2D eigenvalue weighted by Gasteiger charge is -1.99. The topological polar surface area (TPSA) is 42.7 Å². The highest BCUT2D eigenvalue weighted by molar-refractivity contribution is 7.71. The first-order valence-corrected chi connectivity index (χ1v) is 3.32. The van der Waals surface area contributed by atoms with Gasteiger partial charge in [0.25, 0.3) is 0 Å². The molecule has 0 saturated heterocycles. The van der Waals surface area contributed by atoms with Gasteiger partial charge in [-0.05, 0) is 6.92 Å². The van der Waals surface area contributed by atoms with Crippen molar-refractivity contribution in [1.82, 2.24) is 4.98 Å². The number of rotatable bonds is 0. The van der Waals surface area contributed by atoms with Crippen LogP contribution in [0.5, 0.6) is 0 Å². The summed E-state index contributed by atoms with van der Waals surface area (Å²) in [6.45, 7) is 3.48. The standard InChI is InChI=1S/C6H8N2OS/c1-4-3-8(9)5(2)6(10)7-4/h3H,1-2H3,(H,7,10). The van der Waals surface area contributed by atoms with Crippen molar-refractivity contribution >= 4 is 12.2 Å². The molecule has 0 amide bonds. The van der Waals surface area contributed by atoms with Gasteiger partial charge in [-0.15, -0.1) is 0 Å². The van der Waals surface area contributed by atoms with E-state index in [0.717, 1.165) is 10.4 Å². The summed E-state index contributed by atoms with van der Waals surface area (Å²) >= 11 is 4.85. The van der Waals surface area contributed by atoms with Gasteiger partial charge in [0.1, 0.15) is 0 Å². The fourth-order valence-electron chi connectivity index (χ4n) is 0.675. The summed E-state index contributed by atoms with van der Waals surface area (Å²) in [7, 11) is 0. The number of nitrogens with one attached hydrogen (secondary N) is 1. The van der Waals surface area contributed by atoms with Gasteiger partial charge in [-0.2, -0.15) is 4.73 Å². The Kier molecular flexibility index (Phi) is 1.72. The molecule has 0 aliphatic heterocycles. The largest absolute Gasteiger partial charge is 0.618 e. The Bertz CT molecular complexity index is 305. The molecule has 0 aliphatic rings. The van der Waals surface area contributed by atoms with Crippen molar-refractivity contribution in [2.45, 2.75) is 13.8 Å². The average molecular weight is 156 g/mol. The van der Waals surface area contributed by atoms with Gasteiger partial charge in [-0.25, -0.2) is 0 Å². The van der Waals surface area contributed by atoms with E-state index in [-0.39, 0.29) is 0 Å². The third-order valence-electron chi connectivity index (χ3n) is 1.28. The van der Waals surface area contributed by atoms with Crippen molar-refractivity contribution in [3.63, 3.8) is 0 Å². The first-order chi connectivity index (χ1) is 4.61. The van der Waals surface area contributed by atoms with Crippen LogP contribution in [0.4, 0.5) is 0 Å². The maximum absolute atomic E-state index is 10.9. The second-order valence-corrected chi connectivity index (χ2v) is 2.59. The molecule has 0 radical (unpaired) electrons. The lowest BCUT2D eigenvalue weighted by atomic mass is 10.4. The van der Waals surface area contributed by atoms with E-state index in [1.165, 1.54) is 6.20 Å². The van der Waals surface area contributed by atoms with Crippen LogP contribution in [0.3, 0.4) is 0 Å². The molecular weight excluding hydrogens is 148 g/mol. The molecule has 0 saturated carbocycles. The highest BCUT2D eigenvalue weighted by Gasteiger charge is 2.00. The normalized spacial score (nSPS) is 9.80. The van der Waals surface area contributed by atoms with Gasteiger partial charge in [0.05, 0.1) is 5.69 Å². The molecule has 3 nitrogen and oxygen atoms in total. The number of hydrogen-bond donors (Lipinski definition) is 1. The molecule has 0 aromatic carbocycles. The van der Waals surface area contributed by atoms with Crippen LogP contribution >= 0.6 is 12.2 Å². The molecule has 1 N–H and O–H groups in total. The van der Waals surface area contributed by atoms with E-state index >= 15 is 0 Å². The molecule has 10 heavy (non-hydrogen) atoms. The van der Waals surface area contributed by atoms with Gasteiger partial charge in [-0.1, -0.05) is 12.2 Å². The van der Waals surface area contributed by atoms with Crippen LogP contribution in [-0.4, -0.2) is 4.98 Å². The molecule has 0 unspecified atom stereocenters. The van der Waals surface area contributed by atoms with Gasteiger partial charge >= 0.3 is 0 Å². The molecular formula is C6H8N2OS. The number of aromatic nitrogens is 2. The lowest BCUT2D eigenvalue weighted by Crippen LogP contribution is -2.30.